The number of nitrogens with zero attached hydrogens (tertiary/aromatic N) is 2. The normalized spacial score (nSPS) is 11.1. The minimum Gasteiger partial charge on any atom is -0.316 e. The molecule has 0 radical (unpaired) electrons. The van der Waals surface area contributed by atoms with Gasteiger partial charge < -0.3 is 5.32 Å². The van der Waals surface area contributed by atoms with Gasteiger partial charge in [-0.2, -0.15) is 5.26 Å². The summed E-state index contributed by atoms with van der Waals surface area (Å²) < 4.78 is 0. The molecule has 92 valence electrons. The van der Waals surface area contributed by atoms with E-state index in [1.54, 1.807) is 0 Å². The average Bonchev–Trinajstić information content (AvgIpc) is 2.35. The molecule has 0 aliphatic heterocycles. The molecule has 0 saturated heterocycles. The first-order valence-electron chi connectivity index (χ1n) is 6.16. The molecular formula is C14H21N3. The number of rotatable bonds is 7. The van der Waals surface area contributed by atoms with Gasteiger partial charge in [0.25, 0.3) is 0 Å². The van der Waals surface area contributed by atoms with Crippen LogP contribution in [0, 0.1) is 16.7 Å². The first kappa shape index (κ1) is 13.7. The molecule has 3 nitrogen and oxygen atoms in total. The molecule has 0 amide bonds. The minimum absolute atomic E-state index is 0.192. The van der Waals surface area contributed by atoms with Crippen LogP contribution in [-0.2, 0) is 6.42 Å². The van der Waals surface area contributed by atoms with Gasteiger partial charge in [-0.15, -0.1) is 0 Å². The summed E-state index contributed by atoms with van der Waals surface area (Å²) in [7, 11) is 0. The minimum atomic E-state index is -0.192. The summed E-state index contributed by atoms with van der Waals surface area (Å²) >= 11 is 0. The number of hydrogen-bond acceptors (Lipinski definition) is 3. The summed E-state index contributed by atoms with van der Waals surface area (Å²) in [4.78, 5) is 4.27. The molecule has 1 rings (SSSR count). The molecule has 0 spiro atoms. The van der Waals surface area contributed by atoms with E-state index in [1.807, 2.05) is 38.2 Å². The zero-order valence-electron chi connectivity index (χ0n) is 10.7. The van der Waals surface area contributed by atoms with E-state index in [-0.39, 0.29) is 5.41 Å². The van der Waals surface area contributed by atoms with E-state index >= 15 is 0 Å². The van der Waals surface area contributed by atoms with Gasteiger partial charge in [0.2, 0.25) is 0 Å². The molecule has 1 aromatic rings. The summed E-state index contributed by atoms with van der Waals surface area (Å²) in [5.74, 6) is 0. The highest BCUT2D eigenvalue weighted by atomic mass is 14.8. The van der Waals surface area contributed by atoms with Gasteiger partial charge in [0.05, 0.1) is 11.5 Å². The number of hydrogen-bond donors (Lipinski definition) is 1. The van der Waals surface area contributed by atoms with E-state index < -0.39 is 0 Å². The Balaban J connectivity index is 2.04. The Morgan fingerprint density at radius 3 is 2.82 bits per heavy atom. The van der Waals surface area contributed by atoms with Crippen LogP contribution in [0.4, 0.5) is 0 Å². The van der Waals surface area contributed by atoms with Crippen LogP contribution in [0.15, 0.2) is 24.4 Å². The third-order valence-corrected chi connectivity index (χ3v) is 2.74. The van der Waals surface area contributed by atoms with Gasteiger partial charge in [-0.25, -0.2) is 0 Å². The van der Waals surface area contributed by atoms with Crippen LogP contribution in [0.2, 0.25) is 0 Å². The molecule has 0 aliphatic rings. The molecule has 1 N–H and O–H groups in total. The number of nitriles is 1. The molecule has 0 aliphatic carbocycles. The van der Waals surface area contributed by atoms with E-state index in [9.17, 15) is 0 Å². The van der Waals surface area contributed by atoms with E-state index in [2.05, 4.69) is 16.4 Å². The smallest absolute Gasteiger partial charge is 0.0683 e. The highest BCUT2D eigenvalue weighted by Crippen LogP contribution is 2.19. The van der Waals surface area contributed by atoms with Gasteiger partial charge in [-0.1, -0.05) is 6.07 Å². The first-order chi connectivity index (χ1) is 8.14. The standard InChI is InChI=1S/C14H21N3/c1-14(2,12-15)8-5-9-16-11-7-13-6-3-4-10-17-13/h3-4,6,10,16H,5,7-9,11H2,1-2H3. The van der Waals surface area contributed by atoms with Crippen LogP contribution in [-0.4, -0.2) is 18.1 Å². The van der Waals surface area contributed by atoms with Crippen molar-refractivity contribution in [2.45, 2.75) is 33.1 Å². The lowest BCUT2D eigenvalue weighted by Crippen LogP contribution is -2.20. The number of pyridine rings is 1. The summed E-state index contributed by atoms with van der Waals surface area (Å²) in [5.41, 5.74) is 0.931. The lowest BCUT2D eigenvalue weighted by atomic mass is 9.90. The molecule has 0 fully saturated rings. The SMILES string of the molecule is CC(C)(C#N)CCCNCCc1ccccn1. The monoisotopic (exact) mass is 231 g/mol. The largest absolute Gasteiger partial charge is 0.316 e. The Labute approximate surface area is 104 Å². The average molecular weight is 231 g/mol. The second-order valence-corrected chi connectivity index (χ2v) is 4.92. The van der Waals surface area contributed by atoms with Crippen LogP contribution in [0.5, 0.6) is 0 Å². The van der Waals surface area contributed by atoms with Crippen molar-refractivity contribution < 1.29 is 0 Å². The summed E-state index contributed by atoms with van der Waals surface area (Å²) in [5, 5.41) is 12.2. The maximum absolute atomic E-state index is 8.87. The molecular weight excluding hydrogens is 210 g/mol. The van der Waals surface area contributed by atoms with E-state index in [0.29, 0.717) is 0 Å². The predicted molar refractivity (Wildman–Crippen MR) is 69.4 cm³/mol. The van der Waals surface area contributed by atoms with Gasteiger partial charge >= 0.3 is 0 Å². The summed E-state index contributed by atoms with van der Waals surface area (Å²) in [6.07, 6.45) is 4.77. The fourth-order valence-corrected chi connectivity index (χ4v) is 1.60. The lowest BCUT2D eigenvalue weighted by molar-refractivity contribution is 0.426. The number of aromatic nitrogens is 1. The van der Waals surface area contributed by atoms with Crippen LogP contribution in [0.1, 0.15) is 32.4 Å². The molecule has 1 aromatic heterocycles. The lowest BCUT2D eigenvalue weighted by Gasteiger charge is -2.14. The zero-order valence-corrected chi connectivity index (χ0v) is 10.7. The Morgan fingerprint density at radius 1 is 1.35 bits per heavy atom. The Morgan fingerprint density at radius 2 is 2.18 bits per heavy atom. The van der Waals surface area contributed by atoms with Crippen LogP contribution in [0.3, 0.4) is 0 Å². The van der Waals surface area contributed by atoms with Gasteiger partial charge in [0.15, 0.2) is 0 Å². The fraction of sp³-hybridized carbons (Fsp3) is 0.571. The zero-order chi connectivity index (χ0) is 12.6. The van der Waals surface area contributed by atoms with Crippen molar-refractivity contribution in [1.29, 1.82) is 5.26 Å². The van der Waals surface area contributed by atoms with Gasteiger partial charge in [-0.3, -0.25) is 4.98 Å². The highest BCUT2D eigenvalue weighted by Gasteiger charge is 2.14. The highest BCUT2D eigenvalue weighted by molar-refractivity contribution is 5.03. The molecule has 0 aromatic carbocycles. The van der Waals surface area contributed by atoms with Crippen LogP contribution in [0.25, 0.3) is 0 Å². The molecule has 0 bridgehead atoms. The van der Waals surface area contributed by atoms with Crippen LogP contribution >= 0.6 is 0 Å². The number of nitrogens with one attached hydrogen (secondary N) is 1. The van der Waals surface area contributed by atoms with Crippen molar-refractivity contribution >= 4 is 0 Å². The second-order valence-electron chi connectivity index (χ2n) is 4.92. The van der Waals surface area contributed by atoms with Crippen molar-refractivity contribution in [3.8, 4) is 6.07 Å². The van der Waals surface area contributed by atoms with E-state index in [1.165, 1.54) is 0 Å². The van der Waals surface area contributed by atoms with Crippen molar-refractivity contribution in [2.24, 2.45) is 5.41 Å². The maximum Gasteiger partial charge on any atom is 0.0683 e. The first-order valence-corrected chi connectivity index (χ1v) is 6.16. The third-order valence-electron chi connectivity index (χ3n) is 2.74. The Bertz CT molecular complexity index is 351. The van der Waals surface area contributed by atoms with Crippen molar-refractivity contribution in [2.75, 3.05) is 13.1 Å². The molecule has 0 saturated carbocycles. The van der Waals surface area contributed by atoms with Crippen molar-refractivity contribution in [1.82, 2.24) is 10.3 Å². The maximum atomic E-state index is 8.87. The topological polar surface area (TPSA) is 48.7 Å². The third kappa shape index (κ3) is 6.03. The fourth-order valence-electron chi connectivity index (χ4n) is 1.60. The Hall–Kier alpha value is -1.40. The molecule has 0 atom stereocenters. The van der Waals surface area contributed by atoms with E-state index in [0.717, 1.165) is 38.0 Å². The van der Waals surface area contributed by atoms with Gasteiger partial charge in [0.1, 0.15) is 0 Å². The second kappa shape index (κ2) is 7.03. The molecule has 0 unspecified atom stereocenters. The van der Waals surface area contributed by atoms with Crippen LogP contribution < -0.4 is 5.32 Å². The van der Waals surface area contributed by atoms with Crippen molar-refractivity contribution in [3.63, 3.8) is 0 Å². The quantitative estimate of drug-likeness (QED) is 0.734. The molecule has 17 heavy (non-hydrogen) atoms. The van der Waals surface area contributed by atoms with Gasteiger partial charge in [0, 0.05) is 24.9 Å². The van der Waals surface area contributed by atoms with Crippen molar-refractivity contribution in [3.05, 3.63) is 30.1 Å². The summed E-state index contributed by atoms with van der Waals surface area (Å²) in [6.45, 7) is 5.89. The Kier molecular flexibility index (Phi) is 5.65. The molecule has 3 heteroatoms. The van der Waals surface area contributed by atoms with Gasteiger partial charge in [-0.05, 0) is 45.4 Å². The predicted octanol–water partition coefficient (Wildman–Crippen LogP) is 2.54. The molecule has 1 heterocycles. The van der Waals surface area contributed by atoms with E-state index in [4.69, 9.17) is 5.26 Å². The summed E-state index contributed by atoms with van der Waals surface area (Å²) in [6, 6.07) is 8.31.